The Morgan fingerprint density at radius 1 is 1.30 bits per heavy atom. The maximum atomic E-state index is 11.9. The van der Waals surface area contributed by atoms with Crippen molar-refractivity contribution in [3.8, 4) is 0 Å². The second kappa shape index (κ2) is 5.43. The third-order valence-corrected chi connectivity index (χ3v) is 2.66. The second-order valence-electron chi connectivity index (χ2n) is 4.18. The van der Waals surface area contributed by atoms with Crippen LogP contribution in [0.5, 0.6) is 0 Å². The molecule has 0 aliphatic rings. The highest BCUT2D eigenvalue weighted by Crippen LogP contribution is 2.18. The number of primary amides is 1. The number of nitrogens with two attached hydrogens (primary N) is 1. The van der Waals surface area contributed by atoms with Gasteiger partial charge in [0.25, 0.3) is 5.91 Å². The summed E-state index contributed by atoms with van der Waals surface area (Å²) in [6.45, 7) is 0. The van der Waals surface area contributed by atoms with Crippen LogP contribution < -0.4 is 11.1 Å². The molecule has 2 amide bonds. The summed E-state index contributed by atoms with van der Waals surface area (Å²) in [5.41, 5.74) is 5.44. The van der Waals surface area contributed by atoms with Crippen molar-refractivity contribution in [3.63, 3.8) is 0 Å². The van der Waals surface area contributed by atoms with Crippen LogP contribution in [0.3, 0.4) is 0 Å². The fourth-order valence-corrected chi connectivity index (χ4v) is 1.72. The van der Waals surface area contributed by atoms with Crippen LogP contribution >= 0.6 is 0 Å². The number of amides is 2. The topological polar surface area (TPSA) is 123 Å². The lowest BCUT2D eigenvalue weighted by Crippen LogP contribution is -2.43. The number of carboxylic acids is 1. The Balaban J connectivity index is 2.17. The third-order valence-electron chi connectivity index (χ3n) is 2.66. The van der Waals surface area contributed by atoms with Crippen molar-refractivity contribution < 1.29 is 23.9 Å². The first kappa shape index (κ1) is 13.6. The lowest BCUT2D eigenvalue weighted by atomic mass is 10.2. The molecule has 2 rings (SSSR count). The number of hydrogen-bond donors (Lipinski definition) is 3. The molecule has 0 aliphatic carbocycles. The predicted octanol–water partition coefficient (Wildman–Crippen LogP) is 0.491. The summed E-state index contributed by atoms with van der Waals surface area (Å²) >= 11 is 0. The Morgan fingerprint density at radius 2 is 2.00 bits per heavy atom. The third kappa shape index (κ3) is 2.94. The van der Waals surface area contributed by atoms with E-state index in [1.165, 1.54) is 6.07 Å². The minimum Gasteiger partial charge on any atom is -0.480 e. The number of carboxylic acid groups (broad SMARTS) is 1. The maximum absolute atomic E-state index is 11.9. The van der Waals surface area contributed by atoms with E-state index < -0.39 is 30.2 Å². The van der Waals surface area contributed by atoms with E-state index >= 15 is 0 Å². The minimum atomic E-state index is -1.38. The van der Waals surface area contributed by atoms with Gasteiger partial charge in [-0.2, -0.15) is 0 Å². The van der Waals surface area contributed by atoms with Crippen LogP contribution in [0.25, 0.3) is 11.0 Å². The Hall–Kier alpha value is -2.83. The fraction of sp³-hybridized carbons (Fsp3) is 0.154. The van der Waals surface area contributed by atoms with Crippen LogP contribution in [-0.4, -0.2) is 28.9 Å². The van der Waals surface area contributed by atoms with Gasteiger partial charge in [0.15, 0.2) is 5.76 Å². The van der Waals surface area contributed by atoms with Gasteiger partial charge in [0.05, 0.1) is 6.42 Å². The first-order valence-corrected chi connectivity index (χ1v) is 5.78. The molecule has 0 unspecified atom stereocenters. The van der Waals surface area contributed by atoms with E-state index in [0.717, 1.165) is 5.39 Å². The van der Waals surface area contributed by atoms with Crippen LogP contribution in [0.1, 0.15) is 17.0 Å². The van der Waals surface area contributed by atoms with Gasteiger partial charge in [-0.1, -0.05) is 18.2 Å². The zero-order chi connectivity index (χ0) is 14.7. The molecule has 104 valence electrons. The van der Waals surface area contributed by atoms with Crippen molar-refractivity contribution in [3.05, 3.63) is 36.1 Å². The summed E-state index contributed by atoms with van der Waals surface area (Å²) < 4.78 is 5.29. The molecular formula is C13H12N2O5. The van der Waals surface area contributed by atoms with Crippen molar-refractivity contribution in [2.75, 3.05) is 0 Å². The number of rotatable bonds is 5. The maximum Gasteiger partial charge on any atom is 0.326 e. The van der Waals surface area contributed by atoms with Gasteiger partial charge in [0.1, 0.15) is 11.6 Å². The summed E-state index contributed by atoms with van der Waals surface area (Å²) in [7, 11) is 0. The summed E-state index contributed by atoms with van der Waals surface area (Å²) in [6.07, 6.45) is -0.485. The number of furan rings is 1. The molecule has 0 fully saturated rings. The second-order valence-corrected chi connectivity index (χ2v) is 4.18. The number of aliphatic carboxylic acids is 1. The van der Waals surface area contributed by atoms with Gasteiger partial charge in [-0.3, -0.25) is 9.59 Å². The normalized spacial score (nSPS) is 12.0. The van der Waals surface area contributed by atoms with Gasteiger partial charge in [-0.15, -0.1) is 0 Å². The summed E-state index contributed by atoms with van der Waals surface area (Å²) in [6, 6.07) is 7.09. The van der Waals surface area contributed by atoms with Crippen LogP contribution in [0.15, 0.2) is 34.7 Å². The highest BCUT2D eigenvalue weighted by Gasteiger charge is 2.24. The number of carbonyl (C=O) groups excluding carboxylic acids is 2. The van der Waals surface area contributed by atoms with Crippen molar-refractivity contribution in [1.29, 1.82) is 0 Å². The number of hydrogen-bond acceptors (Lipinski definition) is 4. The zero-order valence-corrected chi connectivity index (χ0v) is 10.3. The average Bonchev–Trinajstić information content (AvgIpc) is 2.81. The molecule has 0 spiro atoms. The predicted molar refractivity (Wildman–Crippen MR) is 68.9 cm³/mol. The summed E-state index contributed by atoms with van der Waals surface area (Å²) in [4.78, 5) is 33.6. The van der Waals surface area contributed by atoms with E-state index in [-0.39, 0.29) is 5.76 Å². The lowest BCUT2D eigenvalue weighted by molar-refractivity contribution is -0.140. The van der Waals surface area contributed by atoms with E-state index in [4.69, 9.17) is 15.3 Å². The Labute approximate surface area is 113 Å². The molecule has 1 heterocycles. The van der Waals surface area contributed by atoms with E-state index in [1.54, 1.807) is 24.3 Å². The SMILES string of the molecule is NC(=O)C[C@H](NC(=O)c1cc2ccccc2o1)C(=O)O. The van der Waals surface area contributed by atoms with Gasteiger partial charge < -0.3 is 20.6 Å². The summed E-state index contributed by atoms with van der Waals surface area (Å²) in [5, 5.41) is 11.8. The molecule has 7 nitrogen and oxygen atoms in total. The Bertz CT molecular complexity index is 643. The number of carbonyl (C=O) groups is 3. The van der Waals surface area contributed by atoms with Gasteiger partial charge >= 0.3 is 5.97 Å². The number of fused-ring (bicyclic) bond motifs is 1. The molecule has 7 heteroatoms. The monoisotopic (exact) mass is 276 g/mol. The zero-order valence-electron chi connectivity index (χ0n) is 10.3. The number of benzene rings is 1. The first-order valence-electron chi connectivity index (χ1n) is 5.78. The summed E-state index contributed by atoms with van der Waals surface area (Å²) in [5.74, 6) is -2.90. The smallest absolute Gasteiger partial charge is 0.326 e. The van der Waals surface area contributed by atoms with E-state index in [1.807, 2.05) is 0 Å². The molecule has 20 heavy (non-hydrogen) atoms. The van der Waals surface area contributed by atoms with Gasteiger partial charge in [0.2, 0.25) is 5.91 Å². The van der Waals surface area contributed by atoms with Crippen LogP contribution in [0.2, 0.25) is 0 Å². The highest BCUT2D eigenvalue weighted by atomic mass is 16.4. The molecule has 0 bridgehead atoms. The molecule has 1 atom stereocenters. The molecule has 1 aromatic heterocycles. The molecule has 1 aromatic carbocycles. The van der Waals surface area contributed by atoms with Gasteiger partial charge in [0, 0.05) is 5.39 Å². The van der Waals surface area contributed by atoms with Crippen LogP contribution in [0.4, 0.5) is 0 Å². The van der Waals surface area contributed by atoms with Crippen molar-refractivity contribution in [2.24, 2.45) is 5.73 Å². The molecule has 0 aliphatic heterocycles. The van der Waals surface area contributed by atoms with Crippen LogP contribution in [0, 0.1) is 0 Å². The number of nitrogens with one attached hydrogen (secondary N) is 1. The van der Waals surface area contributed by atoms with Gasteiger partial charge in [-0.05, 0) is 12.1 Å². The van der Waals surface area contributed by atoms with Crippen LogP contribution in [-0.2, 0) is 9.59 Å². The molecule has 4 N–H and O–H groups in total. The van der Waals surface area contributed by atoms with Crippen molar-refractivity contribution >= 4 is 28.8 Å². The minimum absolute atomic E-state index is 0.0260. The van der Waals surface area contributed by atoms with Crippen molar-refractivity contribution in [2.45, 2.75) is 12.5 Å². The molecule has 0 saturated carbocycles. The average molecular weight is 276 g/mol. The highest BCUT2D eigenvalue weighted by molar-refractivity contribution is 5.98. The largest absolute Gasteiger partial charge is 0.480 e. The van der Waals surface area contributed by atoms with Gasteiger partial charge in [-0.25, -0.2) is 4.79 Å². The molecule has 0 saturated heterocycles. The first-order chi connectivity index (χ1) is 9.47. The molecular weight excluding hydrogens is 264 g/mol. The van der Waals surface area contributed by atoms with E-state index in [9.17, 15) is 14.4 Å². The van der Waals surface area contributed by atoms with E-state index in [0.29, 0.717) is 5.58 Å². The molecule has 2 aromatic rings. The Kier molecular flexibility index (Phi) is 3.69. The molecule has 0 radical (unpaired) electrons. The van der Waals surface area contributed by atoms with Crippen molar-refractivity contribution in [1.82, 2.24) is 5.32 Å². The fourth-order valence-electron chi connectivity index (χ4n) is 1.72. The Morgan fingerprint density at radius 3 is 2.60 bits per heavy atom. The lowest BCUT2D eigenvalue weighted by Gasteiger charge is -2.11. The standard InChI is InChI=1S/C13H12N2O5/c14-11(16)6-8(13(18)19)15-12(17)10-5-7-3-1-2-4-9(7)20-10/h1-5,8H,6H2,(H2,14,16)(H,15,17)(H,18,19)/t8-/m0/s1. The number of para-hydroxylation sites is 1. The van der Waals surface area contributed by atoms with E-state index in [2.05, 4.69) is 5.32 Å². The quantitative estimate of drug-likeness (QED) is 0.733.